The molecular weight excluding hydrogens is 307 g/mol. The first-order valence-corrected chi connectivity index (χ1v) is 7.32. The molecule has 0 atom stereocenters. The second-order valence-corrected chi connectivity index (χ2v) is 5.16. The van der Waals surface area contributed by atoms with Gasteiger partial charge in [0.25, 0.3) is 5.91 Å². The first-order valence-electron chi connectivity index (χ1n) is 7.32. The molecule has 3 rings (SSSR count). The van der Waals surface area contributed by atoms with Gasteiger partial charge in [0.2, 0.25) is 0 Å². The highest BCUT2D eigenvalue weighted by Gasteiger charge is 2.09. The van der Waals surface area contributed by atoms with Crippen LogP contribution in [0.25, 0.3) is 11.1 Å². The Morgan fingerprint density at radius 3 is 2.58 bits per heavy atom. The summed E-state index contributed by atoms with van der Waals surface area (Å²) in [6.07, 6.45) is 3.12. The molecule has 0 radical (unpaired) electrons. The average molecular weight is 322 g/mol. The molecule has 0 saturated carbocycles. The maximum Gasteiger partial charge on any atom is 0.257 e. The summed E-state index contributed by atoms with van der Waals surface area (Å²) in [5.41, 5.74) is 2.58. The first kappa shape index (κ1) is 15.7. The predicted molar refractivity (Wildman–Crippen MR) is 90.6 cm³/mol. The topological polar surface area (TPSA) is 51.2 Å². The van der Waals surface area contributed by atoms with Crippen molar-refractivity contribution in [1.82, 2.24) is 4.98 Å². The predicted octanol–water partition coefficient (Wildman–Crippen LogP) is 4.15. The molecule has 0 unspecified atom stereocenters. The molecule has 0 spiro atoms. The number of carbonyl (C=O) groups is 1. The molecular formula is C19H15FN2O2. The molecule has 1 amide bonds. The summed E-state index contributed by atoms with van der Waals surface area (Å²) < 4.78 is 18.2. The van der Waals surface area contributed by atoms with Gasteiger partial charge in [0.15, 0.2) is 0 Å². The molecule has 0 aliphatic carbocycles. The van der Waals surface area contributed by atoms with E-state index in [4.69, 9.17) is 4.74 Å². The minimum Gasteiger partial charge on any atom is -0.497 e. The van der Waals surface area contributed by atoms with E-state index in [0.29, 0.717) is 17.0 Å². The van der Waals surface area contributed by atoms with Gasteiger partial charge in [0.05, 0.1) is 12.7 Å². The lowest BCUT2D eigenvalue weighted by Crippen LogP contribution is -2.12. The van der Waals surface area contributed by atoms with Gasteiger partial charge in [-0.3, -0.25) is 9.78 Å². The van der Waals surface area contributed by atoms with Gasteiger partial charge in [-0.25, -0.2) is 4.39 Å². The number of benzene rings is 2. The standard InChI is InChI=1S/C19H15FN2O2/c1-24-18-4-2-3-17(10-18)22-19(23)15-9-14(11-21-12-15)13-5-7-16(20)8-6-13/h2-12H,1H3,(H,22,23). The second-order valence-electron chi connectivity index (χ2n) is 5.16. The molecule has 3 aromatic rings. The van der Waals surface area contributed by atoms with Crippen LogP contribution in [-0.2, 0) is 0 Å². The minimum atomic E-state index is -0.307. The molecule has 0 aliphatic rings. The second kappa shape index (κ2) is 6.91. The average Bonchev–Trinajstić information content (AvgIpc) is 2.62. The number of aromatic nitrogens is 1. The zero-order valence-corrected chi connectivity index (χ0v) is 13.0. The van der Waals surface area contributed by atoms with E-state index < -0.39 is 0 Å². The van der Waals surface area contributed by atoms with Crippen molar-refractivity contribution in [1.29, 1.82) is 0 Å². The van der Waals surface area contributed by atoms with Crippen LogP contribution in [0.2, 0.25) is 0 Å². The van der Waals surface area contributed by atoms with Gasteiger partial charge in [-0.1, -0.05) is 18.2 Å². The van der Waals surface area contributed by atoms with Crippen LogP contribution in [-0.4, -0.2) is 18.0 Å². The Morgan fingerprint density at radius 1 is 1.04 bits per heavy atom. The zero-order chi connectivity index (χ0) is 16.9. The Labute approximate surface area is 138 Å². The fourth-order valence-electron chi connectivity index (χ4n) is 2.27. The van der Waals surface area contributed by atoms with Crippen molar-refractivity contribution in [3.63, 3.8) is 0 Å². The van der Waals surface area contributed by atoms with Gasteiger partial charge in [-0.05, 0) is 35.9 Å². The van der Waals surface area contributed by atoms with Crippen LogP contribution < -0.4 is 10.1 Å². The Balaban J connectivity index is 1.82. The normalized spacial score (nSPS) is 10.2. The highest BCUT2D eigenvalue weighted by molar-refractivity contribution is 6.04. The number of rotatable bonds is 4. The maximum atomic E-state index is 13.0. The number of carbonyl (C=O) groups excluding carboxylic acids is 1. The number of anilines is 1. The van der Waals surface area contributed by atoms with Crippen LogP contribution >= 0.6 is 0 Å². The number of pyridine rings is 1. The number of methoxy groups -OCH3 is 1. The van der Waals surface area contributed by atoms with Crippen molar-refractivity contribution in [3.8, 4) is 16.9 Å². The third-order valence-corrected chi connectivity index (χ3v) is 3.51. The van der Waals surface area contributed by atoms with E-state index in [9.17, 15) is 9.18 Å². The largest absolute Gasteiger partial charge is 0.497 e. The number of halogens is 1. The summed E-state index contributed by atoms with van der Waals surface area (Å²) in [4.78, 5) is 16.5. The molecule has 1 heterocycles. The third kappa shape index (κ3) is 3.57. The Morgan fingerprint density at radius 2 is 1.83 bits per heavy atom. The molecule has 1 N–H and O–H groups in total. The molecule has 120 valence electrons. The zero-order valence-electron chi connectivity index (χ0n) is 13.0. The fourth-order valence-corrected chi connectivity index (χ4v) is 2.27. The molecule has 2 aromatic carbocycles. The van der Waals surface area contributed by atoms with Gasteiger partial charge >= 0.3 is 0 Å². The van der Waals surface area contributed by atoms with Gasteiger partial charge in [0, 0.05) is 29.7 Å². The Hall–Kier alpha value is -3.21. The lowest BCUT2D eigenvalue weighted by atomic mass is 10.1. The van der Waals surface area contributed by atoms with E-state index in [-0.39, 0.29) is 11.7 Å². The quantitative estimate of drug-likeness (QED) is 0.785. The molecule has 4 nitrogen and oxygen atoms in total. The highest BCUT2D eigenvalue weighted by atomic mass is 19.1. The van der Waals surface area contributed by atoms with Crippen molar-refractivity contribution in [2.24, 2.45) is 0 Å². The van der Waals surface area contributed by atoms with E-state index in [1.165, 1.54) is 18.3 Å². The molecule has 24 heavy (non-hydrogen) atoms. The number of nitrogens with one attached hydrogen (secondary N) is 1. The summed E-state index contributed by atoms with van der Waals surface area (Å²) in [5.74, 6) is 0.0735. The molecule has 5 heteroatoms. The number of nitrogens with zero attached hydrogens (tertiary/aromatic N) is 1. The smallest absolute Gasteiger partial charge is 0.257 e. The summed E-state index contributed by atoms with van der Waals surface area (Å²) >= 11 is 0. The monoisotopic (exact) mass is 322 g/mol. The molecule has 0 saturated heterocycles. The van der Waals surface area contributed by atoms with Gasteiger partial charge in [-0.15, -0.1) is 0 Å². The van der Waals surface area contributed by atoms with Crippen molar-refractivity contribution < 1.29 is 13.9 Å². The summed E-state index contributed by atoms with van der Waals surface area (Å²) in [6, 6.07) is 14.9. The van der Waals surface area contributed by atoms with Gasteiger partial charge in [-0.2, -0.15) is 0 Å². The number of hydrogen-bond donors (Lipinski definition) is 1. The SMILES string of the molecule is COc1cccc(NC(=O)c2cncc(-c3ccc(F)cc3)c2)c1. The van der Waals surface area contributed by atoms with E-state index in [2.05, 4.69) is 10.3 Å². The molecule has 1 aromatic heterocycles. The van der Waals surface area contributed by atoms with Crippen LogP contribution in [0.5, 0.6) is 5.75 Å². The third-order valence-electron chi connectivity index (χ3n) is 3.51. The van der Waals surface area contributed by atoms with Crippen LogP contribution in [0.1, 0.15) is 10.4 Å². The Kier molecular flexibility index (Phi) is 4.52. The van der Waals surface area contributed by atoms with E-state index in [1.54, 1.807) is 55.8 Å². The van der Waals surface area contributed by atoms with Crippen LogP contribution in [0, 0.1) is 5.82 Å². The van der Waals surface area contributed by atoms with E-state index in [1.807, 2.05) is 0 Å². The van der Waals surface area contributed by atoms with Crippen LogP contribution in [0.15, 0.2) is 67.0 Å². The van der Waals surface area contributed by atoms with E-state index >= 15 is 0 Å². The van der Waals surface area contributed by atoms with Crippen molar-refractivity contribution in [3.05, 3.63) is 78.4 Å². The lowest BCUT2D eigenvalue weighted by molar-refractivity contribution is 0.102. The number of hydrogen-bond acceptors (Lipinski definition) is 3. The molecule has 0 aliphatic heterocycles. The number of amides is 1. The minimum absolute atomic E-state index is 0.278. The summed E-state index contributed by atoms with van der Waals surface area (Å²) in [6.45, 7) is 0. The maximum absolute atomic E-state index is 13.0. The van der Waals surface area contributed by atoms with Crippen molar-refractivity contribution in [2.45, 2.75) is 0 Å². The van der Waals surface area contributed by atoms with Gasteiger partial charge in [0.1, 0.15) is 11.6 Å². The summed E-state index contributed by atoms with van der Waals surface area (Å²) in [7, 11) is 1.57. The van der Waals surface area contributed by atoms with Crippen molar-refractivity contribution in [2.75, 3.05) is 12.4 Å². The Bertz CT molecular complexity index is 863. The fraction of sp³-hybridized carbons (Fsp3) is 0.0526. The molecule has 0 fully saturated rings. The van der Waals surface area contributed by atoms with Crippen LogP contribution in [0.4, 0.5) is 10.1 Å². The highest BCUT2D eigenvalue weighted by Crippen LogP contribution is 2.21. The van der Waals surface area contributed by atoms with Crippen molar-refractivity contribution >= 4 is 11.6 Å². The number of ether oxygens (including phenoxy) is 1. The first-order chi connectivity index (χ1) is 11.7. The molecule has 0 bridgehead atoms. The lowest BCUT2D eigenvalue weighted by Gasteiger charge is -2.08. The summed E-state index contributed by atoms with van der Waals surface area (Å²) in [5, 5.41) is 2.80. The van der Waals surface area contributed by atoms with Crippen LogP contribution in [0.3, 0.4) is 0 Å². The van der Waals surface area contributed by atoms with Gasteiger partial charge < -0.3 is 10.1 Å². The van der Waals surface area contributed by atoms with E-state index in [0.717, 1.165) is 11.1 Å².